The lowest BCUT2D eigenvalue weighted by Gasteiger charge is -2.34. The number of piperidine rings is 1. The van der Waals surface area contributed by atoms with Gasteiger partial charge in [0.25, 0.3) is 0 Å². The summed E-state index contributed by atoms with van der Waals surface area (Å²) in [7, 11) is 2.03. The summed E-state index contributed by atoms with van der Waals surface area (Å²) in [5, 5.41) is 8.63. The van der Waals surface area contributed by atoms with Crippen LogP contribution in [0.4, 0.5) is 0 Å². The number of hydrogen-bond donors (Lipinski definition) is 2. The predicted molar refractivity (Wildman–Crippen MR) is 115 cm³/mol. The van der Waals surface area contributed by atoms with Gasteiger partial charge >= 0.3 is 0 Å². The number of fused-ring (bicyclic) bond motifs is 1. The van der Waals surface area contributed by atoms with Gasteiger partial charge in [-0.25, -0.2) is 4.98 Å². The first-order chi connectivity index (χ1) is 14.3. The maximum Gasteiger partial charge on any atom is 0.138 e. The van der Waals surface area contributed by atoms with E-state index >= 15 is 0 Å². The van der Waals surface area contributed by atoms with Gasteiger partial charge in [-0.05, 0) is 43.1 Å². The Bertz CT molecular complexity index is 1100. The molecule has 1 fully saturated rings. The Morgan fingerprint density at radius 2 is 2.10 bits per heavy atom. The first kappa shape index (κ1) is 18.2. The van der Waals surface area contributed by atoms with Gasteiger partial charge in [0.05, 0.1) is 24.5 Å². The molecule has 1 saturated heterocycles. The van der Waals surface area contributed by atoms with Crippen LogP contribution in [0.3, 0.4) is 0 Å². The van der Waals surface area contributed by atoms with E-state index in [9.17, 15) is 0 Å². The third-order valence-electron chi connectivity index (χ3n) is 5.91. The molecule has 29 heavy (non-hydrogen) atoms. The van der Waals surface area contributed by atoms with Crippen molar-refractivity contribution in [3.8, 4) is 11.3 Å². The molecule has 1 aliphatic heterocycles. The summed E-state index contributed by atoms with van der Waals surface area (Å²) in [4.78, 5) is 4.27. The lowest BCUT2D eigenvalue weighted by atomic mass is 9.92. The highest BCUT2D eigenvalue weighted by Crippen LogP contribution is 2.29. The van der Waals surface area contributed by atoms with Crippen molar-refractivity contribution in [2.24, 2.45) is 7.05 Å². The number of furan rings is 1. The fraction of sp³-hybridized carbons (Fsp3) is 0.292. The molecular formula is C24H26N4O. The van der Waals surface area contributed by atoms with Gasteiger partial charge in [-0.1, -0.05) is 30.3 Å². The van der Waals surface area contributed by atoms with E-state index < -0.39 is 0 Å². The fourth-order valence-corrected chi connectivity index (χ4v) is 4.43. The van der Waals surface area contributed by atoms with Crippen LogP contribution in [0.2, 0.25) is 0 Å². The Labute approximate surface area is 170 Å². The van der Waals surface area contributed by atoms with Crippen molar-refractivity contribution in [2.45, 2.75) is 31.5 Å². The number of nitrogens with zero attached hydrogens (tertiary/aromatic N) is 2. The molecule has 0 saturated carbocycles. The van der Waals surface area contributed by atoms with Crippen LogP contribution in [0, 0.1) is 0 Å². The van der Waals surface area contributed by atoms with Crippen LogP contribution in [0.25, 0.3) is 22.2 Å². The number of aromatic nitrogens is 2. The molecule has 2 N–H and O–H groups in total. The fourth-order valence-electron chi connectivity index (χ4n) is 4.43. The third kappa shape index (κ3) is 3.59. The summed E-state index contributed by atoms with van der Waals surface area (Å²) in [6.07, 6.45) is 7.87. The van der Waals surface area contributed by atoms with Crippen molar-refractivity contribution < 1.29 is 4.42 Å². The van der Waals surface area contributed by atoms with E-state index in [0.29, 0.717) is 12.1 Å². The molecule has 5 heteroatoms. The Morgan fingerprint density at radius 3 is 2.93 bits per heavy atom. The predicted octanol–water partition coefficient (Wildman–Crippen LogP) is 4.42. The topological polar surface area (TPSA) is 55.0 Å². The Balaban J connectivity index is 1.42. The van der Waals surface area contributed by atoms with Crippen LogP contribution < -0.4 is 10.6 Å². The van der Waals surface area contributed by atoms with E-state index in [4.69, 9.17) is 4.42 Å². The third-order valence-corrected chi connectivity index (χ3v) is 5.91. The summed E-state index contributed by atoms with van der Waals surface area (Å²) in [5.74, 6) is 0. The standard InChI is InChI=1S/C24H26N4O/c1-28-16-25-15-22(28)19-12-18-9-11-29-24(18)20(13-19)14-27-21-8-5-10-26-23(21)17-6-3-2-4-7-17/h2-4,6-7,9,11-13,15-16,21,23,26-27H,5,8,10,14H2,1H3/t21-,23-/m0/s1. The van der Waals surface area contributed by atoms with Crippen LogP contribution >= 0.6 is 0 Å². The minimum absolute atomic E-state index is 0.331. The average molecular weight is 386 g/mol. The smallest absolute Gasteiger partial charge is 0.138 e. The highest BCUT2D eigenvalue weighted by atomic mass is 16.3. The normalized spacial score (nSPS) is 19.6. The van der Waals surface area contributed by atoms with Gasteiger partial charge in [-0.2, -0.15) is 0 Å². The van der Waals surface area contributed by atoms with Gasteiger partial charge < -0.3 is 19.6 Å². The minimum Gasteiger partial charge on any atom is -0.464 e. The van der Waals surface area contributed by atoms with E-state index in [0.717, 1.165) is 41.7 Å². The monoisotopic (exact) mass is 386 g/mol. The summed E-state index contributed by atoms with van der Waals surface area (Å²) in [5.41, 5.74) is 5.76. The maximum atomic E-state index is 5.82. The quantitative estimate of drug-likeness (QED) is 0.533. The Hall–Kier alpha value is -2.89. The molecule has 2 aromatic carbocycles. The zero-order valence-electron chi connectivity index (χ0n) is 16.6. The summed E-state index contributed by atoms with van der Waals surface area (Å²) in [6, 6.07) is 17.9. The second kappa shape index (κ2) is 7.85. The second-order valence-corrected chi connectivity index (χ2v) is 7.84. The lowest BCUT2D eigenvalue weighted by Crippen LogP contribution is -2.45. The van der Waals surface area contributed by atoms with Crippen molar-refractivity contribution in [1.82, 2.24) is 20.2 Å². The first-order valence-corrected chi connectivity index (χ1v) is 10.3. The Kier molecular flexibility index (Phi) is 4.92. The molecule has 0 bridgehead atoms. The molecule has 5 rings (SSSR count). The van der Waals surface area contributed by atoms with E-state index in [-0.39, 0.29) is 0 Å². The zero-order valence-corrected chi connectivity index (χ0v) is 16.6. The summed E-state index contributed by atoms with van der Waals surface area (Å²) >= 11 is 0. The van der Waals surface area contributed by atoms with Gasteiger partial charge in [0.1, 0.15) is 5.58 Å². The van der Waals surface area contributed by atoms with E-state index in [1.165, 1.54) is 17.5 Å². The number of hydrogen-bond acceptors (Lipinski definition) is 4. The Morgan fingerprint density at radius 1 is 1.21 bits per heavy atom. The van der Waals surface area contributed by atoms with Crippen LogP contribution in [0.5, 0.6) is 0 Å². The van der Waals surface area contributed by atoms with Crippen LogP contribution in [0.1, 0.15) is 30.0 Å². The highest BCUT2D eigenvalue weighted by Gasteiger charge is 2.26. The number of benzene rings is 2. The van der Waals surface area contributed by atoms with Crippen molar-refractivity contribution >= 4 is 11.0 Å². The van der Waals surface area contributed by atoms with Crippen LogP contribution in [0.15, 0.2) is 71.7 Å². The molecule has 3 heterocycles. The number of nitrogens with one attached hydrogen (secondary N) is 2. The molecule has 148 valence electrons. The van der Waals surface area contributed by atoms with E-state index in [1.807, 2.05) is 25.6 Å². The average Bonchev–Trinajstić information content (AvgIpc) is 3.41. The first-order valence-electron chi connectivity index (χ1n) is 10.3. The molecule has 0 spiro atoms. The molecule has 0 aliphatic carbocycles. The van der Waals surface area contributed by atoms with Crippen molar-refractivity contribution in [3.63, 3.8) is 0 Å². The van der Waals surface area contributed by atoms with Gasteiger partial charge in [-0.15, -0.1) is 0 Å². The second-order valence-electron chi connectivity index (χ2n) is 7.84. The summed E-state index contributed by atoms with van der Waals surface area (Å²) < 4.78 is 7.88. The van der Waals surface area contributed by atoms with Gasteiger partial charge in [0.15, 0.2) is 0 Å². The highest BCUT2D eigenvalue weighted by molar-refractivity contribution is 5.85. The molecule has 2 atom stereocenters. The van der Waals surface area contributed by atoms with E-state index in [1.54, 1.807) is 6.26 Å². The summed E-state index contributed by atoms with van der Waals surface area (Å²) in [6.45, 7) is 1.83. The van der Waals surface area contributed by atoms with Gasteiger partial charge in [0.2, 0.25) is 0 Å². The van der Waals surface area contributed by atoms with Crippen LogP contribution in [-0.4, -0.2) is 22.1 Å². The van der Waals surface area contributed by atoms with Crippen molar-refractivity contribution in [2.75, 3.05) is 6.54 Å². The number of rotatable bonds is 5. The molecule has 1 aliphatic rings. The number of imidazole rings is 1. The molecule has 4 aromatic rings. The van der Waals surface area contributed by atoms with Gasteiger partial charge in [-0.3, -0.25) is 0 Å². The van der Waals surface area contributed by atoms with Crippen LogP contribution in [-0.2, 0) is 13.6 Å². The molecule has 0 radical (unpaired) electrons. The van der Waals surface area contributed by atoms with Crippen molar-refractivity contribution in [3.05, 3.63) is 78.4 Å². The zero-order chi connectivity index (χ0) is 19.6. The SMILES string of the molecule is Cn1cncc1-c1cc(CN[C@H]2CCCN[C@H]2c2ccccc2)c2occc2c1. The largest absolute Gasteiger partial charge is 0.464 e. The number of aryl methyl sites for hydroxylation is 1. The molecular weight excluding hydrogens is 360 g/mol. The lowest BCUT2D eigenvalue weighted by molar-refractivity contribution is 0.304. The molecule has 0 unspecified atom stereocenters. The maximum absolute atomic E-state index is 5.82. The molecule has 0 amide bonds. The van der Waals surface area contributed by atoms with Gasteiger partial charge in [0, 0.05) is 42.2 Å². The van der Waals surface area contributed by atoms with E-state index in [2.05, 4.69) is 62.6 Å². The minimum atomic E-state index is 0.331. The molecule has 5 nitrogen and oxygen atoms in total. The van der Waals surface area contributed by atoms with Crippen molar-refractivity contribution in [1.29, 1.82) is 0 Å². The molecule has 2 aromatic heterocycles.